The molecule has 0 atom stereocenters. The molecule has 1 fully saturated rings. The molecular weight excluding hydrogens is 442 g/mol. The van der Waals surface area contributed by atoms with Gasteiger partial charge in [-0.1, -0.05) is 0 Å². The molecule has 7 nitrogen and oxygen atoms in total. The van der Waals surface area contributed by atoms with Crippen molar-refractivity contribution in [3.05, 3.63) is 65.9 Å². The van der Waals surface area contributed by atoms with Crippen molar-refractivity contribution in [2.75, 3.05) is 13.1 Å². The Balaban J connectivity index is 1.64. The molecule has 0 unspecified atom stereocenters. The molecule has 0 radical (unpaired) electrons. The summed E-state index contributed by atoms with van der Waals surface area (Å²) >= 11 is 0. The van der Waals surface area contributed by atoms with Gasteiger partial charge in [0.2, 0.25) is 5.69 Å². The number of hydrogen-bond acceptors (Lipinski definition) is 6. The van der Waals surface area contributed by atoms with Crippen LogP contribution in [0.5, 0.6) is 5.88 Å². The molecule has 0 saturated carbocycles. The van der Waals surface area contributed by atoms with Gasteiger partial charge in [-0.2, -0.15) is 5.26 Å². The van der Waals surface area contributed by atoms with Crippen molar-refractivity contribution in [1.82, 2.24) is 14.9 Å². The largest absolute Gasteiger partial charge is 0.468 e. The third-order valence-corrected chi connectivity index (χ3v) is 4.98. The fourth-order valence-electron chi connectivity index (χ4n) is 3.34. The number of ether oxygens (including phenoxy) is 2. The normalized spacial score (nSPS) is 13.7. The molecule has 174 valence electrons. The molecule has 2 heterocycles. The quantitative estimate of drug-likeness (QED) is 0.542. The van der Waals surface area contributed by atoms with Gasteiger partial charge in [-0.05, 0) is 69.3 Å². The Morgan fingerprint density at radius 1 is 0.971 bits per heavy atom. The van der Waals surface area contributed by atoms with Gasteiger partial charge >= 0.3 is 6.09 Å². The summed E-state index contributed by atoms with van der Waals surface area (Å²) in [4.78, 5) is 22.6. The Kier molecular flexibility index (Phi) is 6.16. The van der Waals surface area contributed by atoms with Crippen molar-refractivity contribution in [3.8, 4) is 34.5 Å². The van der Waals surface area contributed by atoms with E-state index in [1.807, 2.05) is 6.07 Å². The molecule has 3 aromatic rings. The van der Waals surface area contributed by atoms with E-state index in [4.69, 9.17) is 9.47 Å². The van der Waals surface area contributed by atoms with Crippen LogP contribution in [0.15, 0.2) is 48.5 Å². The van der Waals surface area contributed by atoms with E-state index >= 15 is 0 Å². The minimum atomic E-state index is -0.608. The first-order valence-electron chi connectivity index (χ1n) is 10.6. The van der Waals surface area contributed by atoms with Crippen molar-refractivity contribution in [2.24, 2.45) is 0 Å². The molecule has 1 saturated heterocycles. The number of hydrogen-bond donors (Lipinski definition) is 0. The van der Waals surface area contributed by atoms with Gasteiger partial charge in [0.05, 0.1) is 18.8 Å². The van der Waals surface area contributed by atoms with Gasteiger partial charge in [0.15, 0.2) is 0 Å². The summed E-state index contributed by atoms with van der Waals surface area (Å²) in [5, 5.41) is 9.68. The number of aromatic nitrogens is 2. The predicted octanol–water partition coefficient (Wildman–Crippen LogP) is 4.96. The second-order valence-electron chi connectivity index (χ2n) is 8.83. The van der Waals surface area contributed by atoms with Crippen molar-refractivity contribution < 1.29 is 23.0 Å². The third kappa shape index (κ3) is 5.12. The molecule has 1 aliphatic rings. The number of amides is 1. The Labute approximate surface area is 195 Å². The Morgan fingerprint density at radius 2 is 1.47 bits per heavy atom. The molecule has 1 aliphatic heterocycles. The zero-order valence-electron chi connectivity index (χ0n) is 18.9. The summed E-state index contributed by atoms with van der Waals surface area (Å²) in [6.45, 7) is 5.90. The molecule has 4 rings (SSSR count). The lowest BCUT2D eigenvalue weighted by Gasteiger charge is -2.39. The molecule has 0 spiro atoms. The van der Waals surface area contributed by atoms with Gasteiger partial charge in [-0.3, -0.25) is 0 Å². The standard InChI is InChI=1S/C25H22F2N4O3/c1-25(2,3)34-24(32)31-13-19(14-31)33-23-20(12-28)29-21(15-4-8-17(26)9-5-15)22(30-23)16-6-10-18(27)11-7-16/h4-11,19H,13-14H2,1-3H3. The van der Waals surface area contributed by atoms with Crippen LogP contribution >= 0.6 is 0 Å². The highest BCUT2D eigenvalue weighted by Crippen LogP contribution is 2.33. The second kappa shape index (κ2) is 9.06. The molecule has 34 heavy (non-hydrogen) atoms. The summed E-state index contributed by atoms with van der Waals surface area (Å²) in [6, 6.07) is 13.2. The smallest absolute Gasteiger partial charge is 0.410 e. The molecule has 0 bridgehead atoms. The van der Waals surface area contributed by atoms with Crippen LogP contribution < -0.4 is 4.74 Å². The van der Waals surface area contributed by atoms with Crippen LogP contribution in [0.4, 0.5) is 13.6 Å². The molecule has 1 amide bonds. The Bertz CT molecular complexity index is 1240. The zero-order valence-corrected chi connectivity index (χ0v) is 18.9. The zero-order chi connectivity index (χ0) is 24.5. The minimum absolute atomic E-state index is 0.00141. The van der Waals surface area contributed by atoms with Gasteiger partial charge in [0, 0.05) is 11.1 Å². The van der Waals surface area contributed by atoms with Gasteiger partial charge in [0.1, 0.15) is 35.1 Å². The van der Waals surface area contributed by atoms with Crippen LogP contribution in [0.1, 0.15) is 26.5 Å². The van der Waals surface area contributed by atoms with Crippen LogP contribution in [0, 0.1) is 23.0 Å². The lowest BCUT2D eigenvalue weighted by molar-refractivity contribution is -0.0233. The maximum atomic E-state index is 13.5. The monoisotopic (exact) mass is 464 g/mol. The number of carbonyl (C=O) groups excluding carboxylic acids is 1. The maximum absolute atomic E-state index is 13.5. The number of nitriles is 1. The van der Waals surface area contributed by atoms with Crippen LogP contribution in [0.25, 0.3) is 22.5 Å². The fraction of sp³-hybridized carbons (Fsp3) is 0.280. The SMILES string of the molecule is CC(C)(C)OC(=O)N1CC(Oc2nc(-c3ccc(F)cc3)c(-c3ccc(F)cc3)nc2C#N)C1. The van der Waals surface area contributed by atoms with E-state index in [9.17, 15) is 18.8 Å². The fourth-order valence-corrected chi connectivity index (χ4v) is 3.34. The van der Waals surface area contributed by atoms with E-state index in [0.717, 1.165) is 0 Å². The van der Waals surface area contributed by atoms with Crippen molar-refractivity contribution >= 4 is 6.09 Å². The highest BCUT2D eigenvalue weighted by Gasteiger charge is 2.36. The van der Waals surface area contributed by atoms with E-state index < -0.39 is 29.4 Å². The minimum Gasteiger partial charge on any atom is -0.468 e. The van der Waals surface area contributed by atoms with Gasteiger partial charge in [-0.25, -0.2) is 23.5 Å². The van der Waals surface area contributed by atoms with E-state index in [0.29, 0.717) is 22.5 Å². The van der Waals surface area contributed by atoms with Crippen LogP contribution in [0.3, 0.4) is 0 Å². The lowest BCUT2D eigenvalue weighted by atomic mass is 10.0. The molecule has 9 heteroatoms. The first kappa shape index (κ1) is 23.1. The topological polar surface area (TPSA) is 88.3 Å². The number of carbonyl (C=O) groups is 1. The summed E-state index contributed by atoms with van der Waals surface area (Å²) in [5.41, 5.74) is 1.11. The maximum Gasteiger partial charge on any atom is 0.410 e. The number of likely N-dealkylation sites (tertiary alicyclic amines) is 1. The number of halogens is 2. The highest BCUT2D eigenvalue weighted by molar-refractivity contribution is 5.78. The number of benzene rings is 2. The Hall–Kier alpha value is -4.06. The Morgan fingerprint density at radius 3 is 1.94 bits per heavy atom. The van der Waals surface area contributed by atoms with Crippen LogP contribution in [-0.2, 0) is 4.74 Å². The average Bonchev–Trinajstić information content (AvgIpc) is 2.75. The van der Waals surface area contributed by atoms with E-state index in [2.05, 4.69) is 9.97 Å². The molecular formula is C25H22F2N4O3. The summed E-state index contributed by atoms with van der Waals surface area (Å²) in [7, 11) is 0. The molecule has 1 aromatic heterocycles. The average molecular weight is 464 g/mol. The molecule has 0 N–H and O–H groups in total. The van der Waals surface area contributed by atoms with Crippen molar-refractivity contribution in [3.63, 3.8) is 0 Å². The first-order chi connectivity index (χ1) is 16.1. The van der Waals surface area contributed by atoms with E-state index in [1.54, 1.807) is 20.8 Å². The summed E-state index contributed by atoms with van der Waals surface area (Å²) in [5.74, 6) is -0.830. The van der Waals surface area contributed by atoms with E-state index in [-0.39, 0.29) is 24.7 Å². The molecule has 0 aliphatic carbocycles. The summed E-state index contributed by atoms with van der Waals surface area (Å²) in [6.07, 6.45) is -0.843. The second-order valence-corrected chi connectivity index (χ2v) is 8.83. The van der Waals surface area contributed by atoms with Gasteiger partial charge < -0.3 is 14.4 Å². The van der Waals surface area contributed by atoms with E-state index in [1.165, 1.54) is 53.4 Å². The third-order valence-electron chi connectivity index (χ3n) is 4.98. The van der Waals surface area contributed by atoms with Gasteiger partial charge in [0.25, 0.3) is 5.88 Å². The van der Waals surface area contributed by atoms with Crippen LogP contribution in [0.2, 0.25) is 0 Å². The van der Waals surface area contributed by atoms with Gasteiger partial charge in [-0.15, -0.1) is 0 Å². The highest BCUT2D eigenvalue weighted by atomic mass is 19.1. The lowest BCUT2D eigenvalue weighted by Crippen LogP contribution is -2.57. The summed E-state index contributed by atoms with van der Waals surface area (Å²) < 4.78 is 38.2. The molecule has 2 aromatic carbocycles. The van der Waals surface area contributed by atoms with Crippen LogP contribution in [-0.4, -0.2) is 45.8 Å². The number of nitrogens with zero attached hydrogens (tertiary/aromatic N) is 4. The van der Waals surface area contributed by atoms with Crippen molar-refractivity contribution in [2.45, 2.75) is 32.5 Å². The predicted molar refractivity (Wildman–Crippen MR) is 120 cm³/mol. The first-order valence-corrected chi connectivity index (χ1v) is 10.6. The van der Waals surface area contributed by atoms with Crippen molar-refractivity contribution in [1.29, 1.82) is 5.26 Å². The number of rotatable bonds is 4.